The molecule has 3 heterocycles. The highest BCUT2D eigenvalue weighted by atomic mass is 32.2. The van der Waals surface area contributed by atoms with Crippen molar-refractivity contribution in [3.8, 4) is 0 Å². The summed E-state index contributed by atoms with van der Waals surface area (Å²) >= 11 is 2.07. The standard InChI is InChI=1S/C9H12N4S/c10-7-1-3-11-8(12-7)13-5-9(6-13)2-4-14-9/h1,3H,2,4-6H2,(H2,10,11,12). The van der Waals surface area contributed by atoms with Crippen molar-refractivity contribution in [1.29, 1.82) is 0 Å². The molecule has 3 rings (SSSR count). The van der Waals surface area contributed by atoms with Gasteiger partial charge in [0, 0.05) is 19.3 Å². The van der Waals surface area contributed by atoms with Crippen molar-refractivity contribution in [3.05, 3.63) is 12.3 Å². The third-order valence-electron chi connectivity index (χ3n) is 2.87. The van der Waals surface area contributed by atoms with Crippen LogP contribution in [-0.4, -0.2) is 33.6 Å². The molecule has 2 N–H and O–H groups in total. The van der Waals surface area contributed by atoms with Gasteiger partial charge in [0.25, 0.3) is 0 Å². The zero-order valence-corrected chi connectivity index (χ0v) is 8.63. The Morgan fingerprint density at radius 1 is 1.50 bits per heavy atom. The van der Waals surface area contributed by atoms with Crippen molar-refractivity contribution < 1.29 is 0 Å². The summed E-state index contributed by atoms with van der Waals surface area (Å²) in [6.45, 7) is 2.17. The van der Waals surface area contributed by atoms with Crippen molar-refractivity contribution >= 4 is 23.5 Å². The van der Waals surface area contributed by atoms with Crippen molar-refractivity contribution in [1.82, 2.24) is 9.97 Å². The summed E-state index contributed by atoms with van der Waals surface area (Å²) in [6.07, 6.45) is 3.06. The maximum atomic E-state index is 5.61. The van der Waals surface area contributed by atoms with Crippen molar-refractivity contribution in [2.75, 3.05) is 29.5 Å². The minimum absolute atomic E-state index is 0.536. The molecule has 0 aliphatic carbocycles. The largest absolute Gasteiger partial charge is 0.384 e. The molecule has 2 fully saturated rings. The van der Waals surface area contributed by atoms with Gasteiger partial charge in [-0.05, 0) is 18.2 Å². The molecule has 1 aromatic heterocycles. The lowest BCUT2D eigenvalue weighted by molar-refractivity contribution is 0.418. The summed E-state index contributed by atoms with van der Waals surface area (Å²) in [5, 5.41) is 0. The molecule has 0 atom stereocenters. The maximum Gasteiger partial charge on any atom is 0.227 e. The molecule has 2 saturated heterocycles. The summed E-state index contributed by atoms with van der Waals surface area (Å²) in [5.74, 6) is 2.64. The van der Waals surface area contributed by atoms with E-state index in [0.717, 1.165) is 19.0 Å². The van der Waals surface area contributed by atoms with E-state index in [1.165, 1.54) is 12.2 Å². The predicted octanol–water partition coefficient (Wildman–Crippen LogP) is 0.754. The Morgan fingerprint density at radius 2 is 2.29 bits per heavy atom. The number of hydrogen-bond donors (Lipinski definition) is 1. The monoisotopic (exact) mass is 208 g/mol. The summed E-state index contributed by atoms with van der Waals surface area (Å²) in [5.41, 5.74) is 5.61. The van der Waals surface area contributed by atoms with Gasteiger partial charge in [-0.3, -0.25) is 0 Å². The average Bonchev–Trinajstić information content (AvgIpc) is 1.98. The maximum absolute atomic E-state index is 5.61. The van der Waals surface area contributed by atoms with Crippen molar-refractivity contribution in [2.24, 2.45) is 0 Å². The Balaban J connectivity index is 1.73. The lowest BCUT2D eigenvalue weighted by Gasteiger charge is -2.54. The fourth-order valence-electron chi connectivity index (χ4n) is 1.95. The second-order valence-electron chi connectivity index (χ2n) is 3.92. The summed E-state index contributed by atoms with van der Waals surface area (Å²) in [4.78, 5) is 10.6. The number of aromatic nitrogens is 2. The summed E-state index contributed by atoms with van der Waals surface area (Å²) in [7, 11) is 0. The van der Waals surface area contributed by atoms with Gasteiger partial charge in [-0.2, -0.15) is 16.7 Å². The Bertz CT molecular complexity index is 356. The Morgan fingerprint density at radius 3 is 2.86 bits per heavy atom. The Hall–Kier alpha value is -0.970. The lowest BCUT2D eigenvalue weighted by atomic mass is 9.95. The Kier molecular flexibility index (Phi) is 1.65. The first kappa shape index (κ1) is 8.35. The van der Waals surface area contributed by atoms with Crippen molar-refractivity contribution in [2.45, 2.75) is 11.2 Å². The lowest BCUT2D eigenvalue weighted by Crippen LogP contribution is -2.64. The molecule has 0 amide bonds. The smallest absolute Gasteiger partial charge is 0.227 e. The van der Waals surface area contributed by atoms with Crippen LogP contribution in [0.3, 0.4) is 0 Å². The highest BCUT2D eigenvalue weighted by Crippen LogP contribution is 2.47. The molecule has 0 saturated carbocycles. The second kappa shape index (κ2) is 2.76. The number of nitrogens with two attached hydrogens (primary N) is 1. The fraction of sp³-hybridized carbons (Fsp3) is 0.556. The van der Waals surface area contributed by atoms with E-state index >= 15 is 0 Å². The van der Waals surface area contributed by atoms with Gasteiger partial charge in [-0.1, -0.05) is 0 Å². The summed E-state index contributed by atoms with van der Waals surface area (Å²) in [6, 6.07) is 1.72. The molecule has 0 aromatic carbocycles. The highest BCUT2D eigenvalue weighted by Gasteiger charge is 2.49. The van der Waals surface area contributed by atoms with Gasteiger partial charge < -0.3 is 10.6 Å². The number of anilines is 2. The predicted molar refractivity (Wildman–Crippen MR) is 58.5 cm³/mol. The highest BCUT2D eigenvalue weighted by molar-refractivity contribution is 8.02. The third kappa shape index (κ3) is 1.15. The van der Waals surface area contributed by atoms with E-state index in [1.54, 1.807) is 12.3 Å². The van der Waals surface area contributed by atoms with E-state index < -0.39 is 0 Å². The molecule has 0 bridgehead atoms. The first-order valence-electron chi connectivity index (χ1n) is 4.75. The van der Waals surface area contributed by atoms with Crippen LogP contribution in [0.25, 0.3) is 0 Å². The SMILES string of the molecule is Nc1ccnc(N2CC3(CCS3)C2)n1. The van der Waals surface area contributed by atoms with Gasteiger partial charge in [0.15, 0.2) is 0 Å². The normalized spacial score (nSPS) is 23.0. The zero-order chi connectivity index (χ0) is 9.60. The van der Waals surface area contributed by atoms with Gasteiger partial charge in [-0.15, -0.1) is 0 Å². The van der Waals surface area contributed by atoms with E-state index in [-0.39, 0.29) is 0 Å². The van der Waals surface area contributed by atoms with Crippen LogP contribution in [0.4, 0.5) is 11.8 Å². The van der Waals surface area contributed by atoms with Crippen LogP contribution < -0.4 is 10.6 Å². The van der Waals surface area contributed by atoms with Crippen LogP contribution in [0.5, 0.6) is 0 Å². The third-order valence-corrected chi connectivity index (χ3v) is 4.35. The van der Waals surface area contributed by atoms with Crippen LogP contribution in [0, 0.1) is 0 Å². The van der Waals surface area contributed by atoms with E-state index in [2.05, 4.69) is 26.6 Å². The quantitative estimate of drug-likeness (QED) is 0.738. The van der Waals surface area contributed by atoms with E-state index in [0.29, 0.717) is 10.6 Å². The molecular weight excluding hydrogens is 196 g/mol. The number of thioether (sulfide) groups is 1. The zero-order valence-electron chi connectivity index (χ0n) is 7.81. The molecule has 1 spiro atoms. The number of hydrogen-bond acceptors (Lipinski definition) is 5. The molecule has 5 heteroatoms. The van der Waals surface area contributed by atoms with E-state index in [1.807, 2.05) is 0 Å². The van der Waals surface area contributed by atoms with Gasteiger partial charge in [0.1, 0.15) is 5.82 Å². The van der Waals surface area contributed by atoms with Gasteiger partial charge >= 0.3 is 0 Å². The number of nitrogen functional groups attached to an aromatic ring is 1. The number of rotatable bonds is 1. The molecular formula is C9H12N4S. The summed E-state index contributed by atoms with van der Waals surface area (Å²) < 4.78 is 0.536. The minimum atomic E-state index is 0.536. The molecule has 2 aliphatic rings. The van der Waals surface area contributed by atoms with Gasteiger partial charge in [-0.25, -0.2) is 4.98 Å². The van der Waals surface area contributed by atoms with Crippen molar-refractivity contribution in [3.63, 3.8) is 0 Å². The molecule has 4 nitrogen and oxygen atoms in total. The van der Waals surface area contributed by atoms with E-state index in [9.17, 15) is 0 Å². The van der Waals surface area contributed by atoms with Gasteiger partial charge in [0.05, 0.1) is 4.75 Å². The molecule has 74 valence electrons. The second-order valence-corrected chi connectivity index (χ2v) is 5.48. The minimum Gasteiger partial charge on any atom is -0.384 e. The molecule has 1 aromatic rings. The Labute approximate surface area is 86.9 Å². The molecule has 14 heavy (non-hydrogen) atoms. The van der Waals surface area contributed by atoms with Crippen LogP contribution in [-0.2, 0) is 0 Å². The fourth-order valence-corrected chi connectivity index (χ4v) is 3.22. The molecule has 0 radical (unpaired) electrons. The first-order valence-corrected chi connectivity index (χ1v) is 5.73. The van der Waals surface area contributed by atoms with Gasteiger partial charge in [0.2, 0.25) is 5.95 Å². The average molecular weight is 208 g/mol. The first-order chi connectivity index (χ1) is 6.77. The van der Waals surface area contributed by atoms with Crippen LogP contribution in [0.1, 0.15) is 6.42 Å². The van der Waals surface area contributed by atoms with Crippen LogP contribution >= 0.6 is 11.8 Å². The molecule has 0 unspecified atom stereocenters. The topological polar surface area (TPSA) is 55.0 Å². The van der Waals surface area contributed by atoms with Crippen LogP contribution in [0.2, 0.25) is 0 Å². The number of nitrogens with zero attached hydrogens (tertiary/aromatic N) is 3. The molecule has 2 aliphatic heterocycles. The van der Waals surface area contributed by atoms with E-state index in [4.69, 9.17) is 5.73 Å². The van der Waals surface area contributed by atoms with Crippen LogP contribution in [0.15, 0.2) is 12.3 Å².